The Balaban J connectivity index is 6.11. The van der Waals surface area contributed by atoms with Gasteiger partial charge < -0.3 is 4.89 Å². The molecule has 21 heteroatoms. The zero-order valence-corrected chi connectivity index (χ0v) is 15.0. The van der Waals surface area contributed by atoms with Crippen LogP contribution in [0.2, 0.25) is 0 Å². The molecule has 0 bridgehead atoms. The Morgan fingerprint density at radius 2 is 0.710 bits per heavy atom. The zero-order valence-electron chi connectivity index (χ0n) is 14.1. The smallest absolute Gasteiger partial charge is 0.432 e. The molecule has 0 atom stereocenters. The third-order valence-corrected chi connectivity index (χ3v) is 3.98. The van der Waals surface area contributed by atoms with Crippen LogP contribution in [0.1, 0.15) is 13.8 Å². The Morgan fingerprint density at radius 3 is 0.871 bits per heavy atom. The van der Waals surface area contributed by atoms with E-state index in [9.17, 15) is 79.7 Å². The minimum Gasteiger partial charge on any atom is -0.756 e. The van der Waals surface area contributed by atoms with Gasteiger partial charge in [0.25, 0.3) is 7.82 Å². The standard InChI is InChI=1S/C10H7F16O4P/c1-3(11,12)5(15,16)7(19,20)9(23,24)29-31(27,28)30-10(25,26)8(21,22)6(17,18)4(2,13)14/h1-2H3,(H,27,28)/p-1. The average Bonchev–Trinajstić information content (AvgIpc) is 2.41. The first-order chi connectivity index (χ1) is 12.9. The number of phosphoric ester groups is 1. The lowest BCUT2D eigenvalue weighted by Crippen LogP contribution is -2.63. The van der Waals surface area contributed by atoms with Crippen molar-refractivity contribution in [1.82, 2.24) is 0 Å². The maximum absolute atomic E-state index is 13.1. The molecule has 31 heavy (non-hydrogen) atoms. The molecule has 188 valence electrons. The van der Waals surface area contributed by atoms with E-state index < -0.39 is 69.4 Å². The molecule has 0 spiro atoms. The second-order valence-electron chi connectivity index (χ2n) is 5.74. The second kappa shape index (κ2) is 7.51. The minimum absolute atomic E-state index is 1.09. The highest BCUT2D eigenvalue weighted by atomic mass is 31.2. The lowest BCUT2D eigenvalue weighted by molar-refractivity contribution is -0.434. The van der Waals surface area contributed by atoms with Gasteiger partial charge >= 0.3 is 47.8 Å². The van der Waals surface area contributed by atoms with E-state index in [1.807, 2.05) is 0 Å². The summed E-state index contributed by atoms with van der Waals surface area (Å²) in [6, 6.07) is 0. The first kappa shape index (κ1) is 30.0. The van der Waals surface area contributed by atoms with Gasteiger partial charge in [0, 0.05) is 13.8 Å². The van der Waals surface area contributed by atoms with Crippen LogP contribution in [0.15, 0.2) is 0 Å². The number of rotatable bonds is 10. The van der Waals surface area contributed by atoms with Crippen LogP contribution < -0.4 is 4.89 Å². The van der Waals surface area contributed by atoms with E-state index in [1.165, 1.54) is 0 Å². The molecular formula is C10H6F16O4P-. The summed E-state index contributed by atoms with van der Waals surface area (Å²) in [6.07, 6.45) is -14.9. The molecule has 0 amide bonds. The zero-order chi connectivity index (χ0) is 25.9. The van der Waals surface area contributed by atoms with Crippen molar-refractivity contribution in [2.24, 2.45) is 0 Å². The fraction of sp³-hybridized carbons (Fsp3) is 1.00. The van der Waals surface area contributed by atoms with Gasteiger partial charge in [-0.05, 0) is 0 Å². The molecule has 0 aliphatic carbocycles. The number of hydrogen-bond donors (Lipinski definition) is 0. The maximum atomic E-state index is 13.1. The molecule has 0 aliphatic rings. The van der Waals surface area contributed by atoms with Crippen molar-refractivity contribution in [2.75, 3.05) is 0 Å². The Kier molecular flexibility index (Phi) is 7.27. The summed E-state index contributed by atoms with van der Waals surface area (Å²) < 4.78 is 220. The highest BCUT2D eigenvalue weighted by Crippen LogP contribution is 2.61. The van der Waals surface area contributed by atoms with Crippen LogP contribution in [0.5, 0.6) is 0 Å². The quantitative estimate of drug-likeness (QED) is 0.279. The Labute approximate surface area is 159 Å². The average molecular weight is 525 g/mol. The van der Waals surface area contributed by atoms with Gasteiger partial charge in [-0.15, -0.1) is 0 Å². The molecule has 0 aromatic carbocycles. The van der Waals surface area contributed by atoms with Gasteiger partial charge in [-0.3, -0.25) is 4.57 Å². The topological polar surface area (TPSA) is 58.6 Å². The summed E-state index contributed by atoms with van der Waals surface area (Å²) in [4.78, 5) is 10.8. The minimum atomic E-state index is -8.24. The fourth-order valence-electron chi connectivity index (χ4n) is 1.33. The number of halogens is 16. The highest BCUT2D eigenvalue weighted by molar-refractivity contribution is 7.45. The molecule has 0 saturated heterocycles. The van der Waals surface area contributed by atoms with E-state index in [4.69, 9.17) is 0 Å². The molecule has 0 aromatic heterocycles. The van der Waals surface area contributed by atoms with E-state index in [0.717, 1.165) is 0 Å². The molecule has 0 unspecified atom stereocenters. The molecule has 0 aromatic rings. The van der Waals surface area contributed by atoms with Crippen molar-refractivity contribution in [1.29, 1.82) is 0 Å². The van der Waals surface area contributed by atoms with E-state index in [1.54, 1.807) is 9.05 Å². The molecule has 0 radical (unpaired) electrons. The van der Waals surface area contributed by atoms with E-state index in [0.29, 0.717) is 0 Å². The van der Waals surface area contributed by atoms with Crippen LogP contribution in [0.3, 0.4) is 0 Å². The van der Waals surface area contributed by atoms with Crippen molar-refractivity contribution in [3.05, 3.63) is 0 Å². The van der Waals surface area contributed by atoms with Crippen LogP contribution in [0, 0.1) is 0 Å². The lowest BCUT2D eigenvalue weighted by Gasteiger charge is -2.39. The van der Waals surface area contributed by atoms with Gasteiger partial charge in [-0.1, -0.05) is 0 Å². The molecule has 0 fully saturated rings. The van der Waals surface area contributed by atoms with Crippen molar-refractivity contribution in [3.8, 4) is 0 Å². The van der Waals surface area contributed by atoms with Crippen molar-refractivity contribution >= 4 is 7.82 Å². The predicted octanol–water partition coefficient (Wildman–Crippen LogP) is 5.53. The monoisotopic (exact) mass is 525 g/mol. The van der Waals surface area contributed by atoms with Gasteiger partial charge in [-0.2, -0.15) is 70.2 Å². The fourth-order valence-corrected chi connectivity index (χ4v) is 2.16. The van der Waals surface area contributed by atoms with E-state index >= 15 is 0 Å². The summed E-state index contributed by atoms with van der Waals surface area (Å²) in [5, 5.41) is 0. The van der Waals surface area contributed by atoms with Crippen molar-refractivity contribution in [3.63, 3.8) is 0 Å². The molecule has 0 rings (SSSR count). The Hall–Kier alpha value is -1.01. The molecule has 0 N–H and O–H groups in total. The van der Waals surface area contributed by atoms with Crippen LogP contribution in [0.25, 0.3) is 0 Å². The molecular weight excluding hydrogens is 519 g/mol. The highest BCUT2D eigenvalue weighted by Gasteiger charge is 2.83. The predicted molar refractivity (Wildman–Crippen MR) is 60.7 cm³/mol. The molecule has 0 heterocycles. The van der Waals surface area contributed by atoms with Gasteiger partial charge in [0.05, 0.1) is 0 Å². The summed E-state index contributed by atoms with van der Waals surface area (Å²) in [6.45, 7) is -2.18. The molecule has 0 aliphatic heterocycles. The van der Waals surface area contributed by atoms with Crippen LogP contribution in [-0.4, -0.2) is 47.8 Å². The molecule has 0 saturated carbocycles. The number of alkyl halides is 16. The third-order valence-electron chi connectivity index (χ3n) is 3.08. The van der Waals surface area contributed by atoms with Crippen molar-refractivity contribution in [2.45, 2.75) is 61.6 Å². The van der Waals surface area contributed by atoms with Gasteiger partial charge in [-0.25, -0.2) is 9.05 Å². The Morgan fingerprint density at radius 1 is 0.516 bits per heavy atom. The maximum Gasteiger partial charge on any atom is 0.432 e. The third kappa shape index (κ3) is 5.00. The van der Waals surface area contributed by atoms with Crippen LogP contribution >= 0.6 is 7.82 Å². The van der Waals surface area contributed by atoms with Gasteiger partial charge in [0.1, 0.15) is 0 Å². The summed E-state index contributed by atoms with van der Waals surface area (Å²) in [7, 11) is -8.24. The van der Waals surface area contributed by atoms with E-state index in [2.05, 4.69) is 0 Å². The summed E-state index contributed by atoms with van der Waals surface area (Å²) in [5.41, 5.74) is 0. The molecule has 4 nitrogen and oxygen atoms in total. The second-order valence-corrected chi connectivity index (χ2v) is 7.00. The van der Waals surface area contributed by atoms with Crippen LogP contribution in [0.4, 0.5) is 70.2 Å². The number of hydrogen-bond acceptors (Lipinski definition) is 4. The number of phosphoric acid groups is 1. The normalized spacial score (nSPS) is 16.6. The van der Waals surface area contributed by atoms with Crippen LogP contribution in [-0.2, 0) is 13.6 Å². The SMILES string of the molecule is CC(F)(F)C(F)(F)C(F)(F)C(F)(F)OP(=O)([O-])OC(F)(F)C(F)(F)C(F)(F)C(C)(F)F. The first-order valence-corrected chi connectivity index (χ1v) is 8.12. The van der Waals surface area contributed by atoms with Crippen molar-refractivity contribution < 1.29 is 88.8 Å². The lowest BCUT2D eigenvalue weighted by atomic mass is 10.1. The van der Waals surface area contributed by atoms with Gasteiger partial charge in [0.15, 0.2) is 0 Å². The summed E-state index contributed by atoms with van der Waals surface area (Å²) >= 11 is 0. The van der Waals surface area contributed by atoms with Gasteiger partial charge in [0.2, 0.25) is 0 Å². The summed E-state index contributed by atoms with van der Waals surface area (Å²) in [5.74, 6) is -41.7. The van der Waals surface area contributed by atoms with E-state index in [-0.39, 0.29) is 0 Å². The largest absolute Gasteiger partial charge is 0.756 e. The Bertz CT molecular complexity index is 652. The first-order valence-electron chi connectivity index (χ1n) is 6.66.